The lowest BCUT2D eigenvalue weighted by atomic mass is 9.81. The molecule has 7 N–H and O–H groups in total. The summed E-state index contributed by atoms with van der Waals surface area (Å²) in [7, 11) is 0. The third-order valence-corrected chi connectivity index (χ3v) is 13.8. The Bertz CT molecular complexity index is 3120. The molecule has 3 atom stereocenters. The molecule has 0 radical (unpaired) electrons. The van der Waals surface area contributed by atoms with Gasteiger partial charge in [-0.05, 0) is 54.5 Å². The van der Waals surface area contributed by atoms with E-state index in [-0.39, 0.29) is 52.4 Å². The number of rotatable bonds is 22. The standard InChI is InChI=1S/C51H54FN9O14S/c1-3-51(71)32-18-37-46-30(23-61(37)48(76)31(32)24-75-49(51)69)45-34(10-9-29-27(2)33(52)19-35(59-46)44(29)45)57-41(65)25-73-26-56-39(63)20-54-47(68)36(17-28-7-5-4-6-8-28)58-40(64)22-53-38(62)21-55-50(70)74-16-15-72-14-13-60-42(66)11-12-43(60)67/h4-8,11-12,18-19,34,36,71H,3,9-10,13-17,20-26H2,1-2H3,(H,53,62)(H,54,68)(H,55,70)(H,56,63)(H,57,65)(H,58,64)/t34-,36-,51-/m0/s1. The van der Waals surface area contributed by atoms with Crippen LogP contribution in [-0.4, -0.2) is 138 Å². The molecular formula is C51H54FN9O14S. The maximum Gasteiger partial charge on any atom is 0.407 e. The summed E-state index contributed by atoms with van der Waals surface area (Å²) < 4.78 is 38.6. The Morgan fingerprint density at radius 1 is 0.895 bits per heavy atom. The van der Waals surface area contributed by atoms with Crippen molar-refractivity contribution in [1.29, 1.82) is 0 Å². The molecule has 25 heteroatoms. The molecule has 8 rings (SSSR count). The molecule has 23 nitrogen and oxygen atoms in total. The molecular weight excluding hydrogens is 1010 g/mol. The zero-order valence-corrected chi connectivity index (χ0v) is 42.2. The van der Waals surface area contributed by atoms with Crippen molar-refractivity contribution in [1.82, 2.24) is 46.4 Å². The molecule has 1 aliphatic carbocycles. The van der Waals surface area contributed by atoms with Crippen LogP contribution in [0.3, 0.4) is 0 Å². The van der Waals surface area contributed by atoms with Gasteiger partial charge in [-0.25, -0.2) is 19.0 Å². The number of carbonyl (C=O) groups excluding carboxylic acids is 9. The number of aromatic nitrogens is 2. The van der Waals surface area contributed by atoms with Crippen LogP contribution in [0.4, 0.5) is 9.18 Å². The molecule has 0 spiro atoms. The average molecular weight is 1070 g/mol. The highest BCUT2D eigenvalue weighted by molar-refractivity contribution is 7.71. The number of ether oxygens (including phenoxy) is 4. The number of carbonyl (C=O) groups is 9. The summed E-state index contributed by atoms with van der Waals surface area (Å²) in [4.78, 5) is 119. The first kappa shape index (κ1) is 54.3. The van der Waals surface area contributed by atoms with E-state index in [0.29, 0.717) is 62.0 Å². The first-order valence-electron chi connectivity index (χ1n) is 24.3. The molecule has 0 saturated carbocycles. The number of amides is 8. The van der Waals surface area contributed by atoms with Crippen LogP contribution in [0, 0.1) is 17.4 Å². The van der Waals surface area contributed by atoms with Gasteiger partial charge in [-0.2, -0.15) is 0 Å². The lowest BCUT2D eigenvalue weighted by Crippen LogP contribution is -2.52. The maximum absolute atomic E-state index is 15.4. The van der Waals surface area contributed by atoms with Gasteiger partial charge in [0.15, 0.2) is 5.60 Å². The number of nitrogens with one attached hydrogen (secondary N) is 6. The number of imide groups is 1. The van der Waals surface area contributed by atoms with Crippen molar-refractivity contribution in [2.45, 2.75) is 70.4 Å². The smallest absolute Gasteiger partial charge is 0.407 e. The summed E-state index contributed by atoms with van der Waals surface area (Å²) in [5.74, 6) is -5.52. The summed E-state index contributed by atoms with van der Waals surface area (Å²) >= 11 is 5.90. The fourth-order valence-electron chi connectivity index (χ4n) is 9.42. The van der Waals surface area contributed by atoms with Crippen molar-refractivity contribution in [2.24, 2.45) is 0 Å². The molecule has 2 aromatic carbocycles. The predicted molar refractivity (Wildman–Crippen MR) is 266 cm³/mol. The number of cyclic esters (lactones) is 1. The van der Waals surface area contributed by atoms with Crippen molar-refractivity contribution in [3.63, 3.8) is 0 Å². The fraction of sp³-hybridized carbons (Fsp3) is 0.392. The van der Waals surface area contributed by atoms with Crippen LogP contribution in [0.25, 0.3) is 22.3 Å². The van der Waals surface area contributed by atoms with Gasteiger partial charge in [-0.3, -0.25) is 38.5 Å². The monoisotopic (exact) mass is 1070 g/mol. The highest BCUT2D eigenvalue weighted by atomic mass is 32.1. The number of halogens is 1. The summed E-state index contributed by atoms with van der Waals surface area (Å²) in [6.07, 6.45) is 2.26. The minimum absolute atomic E-state index is 0.0232. The van der Waals surface area contributed by atoms with Crippen LogP contribution in [0.1, 0.15) is 64.8 Å². The number of benzene rings is 2. The summed E-state index contributed by atoms with van der Waals surface area (Å²) in [6.45, 7) is 0.803. The normalized spacial score (nSPS) is 17.2. The number of esters is 1. The fourth-order valence-corrected chi connectivity index (χ4v) is 9.75. The molecule has 3 aliphatic heterocycles. The van der Waals surface area contributed by atoms with E-state index < -0.39 is 110 Å². The van der Waals surface area contributed by atoms with E-state index >= 15 is 4.39 Å². The predicted octanol–water partition coefficient (Wildman–Crippen LogP) is 0.718. The number of hydrogen-bond acceptors (Lipinski definition) is 16. The topological polar surface area (TPSA) is 304 Å². The number of aryl methyl sites for hydroxylation is 1. The number of hydrogen-bond donors (Lipinski definition) is 7. The van der Waals surface area contributed by atoms with Crippen molar-refractivity contribution in [3.8, 4) is 11.4 Å². The van der Waals surface area contributed by atoms with Gasteiger partial charge in [0, 0.05) is 46.7 Å². The second-order valence-electron chi connectivity index (χ2n) is 18.1. The van der Waals surface area contributed by atoms with Crippen LogP contribution in [0.15, 0.2) is 54.6 Å². The van der Waals surface area contributed by atoms with Gasteiger partial charge in [0.25, 0.3) is 11.8 Å². The minimum Gasteiger partial charge on any atom is -0.458 e. The van der Waals surface area contributed by atoms with E-state index in [2.05, 4.69) is 31.9 Å². The lowest BCUT2D eigenvalue weighted by Gasteiger charge is -2.32. The number of aliphatic hydroxyl groups is 1. The summed E-state index contributed by atoms with van der Waals surface area (Å²) in [5.41, 5.74) is 3.69. The Hall–Kier alpha value is -8.00. The van der Waals surface area contributed by atoms with Crippen LogP contribution in [0.5, 0.6) is 0 Å². The zero-order valence-electron chi connectivity index (χ0n) is 41.3. The number of nitrogens with zero attached hydrogens (tertiary/aromatic N) is 3. The molecule has 5 heterocycles. The summed E-state index contributed by atoms with van der Waals surface area (Å²) in [6, 6.07) is 10.0. The third kappa shape index (κ3) is 11.9. The Labute approximate surface area is 438 Å². The van der Waals surface area contributed by atoms with E-state index in [1.54, 1.807) is 50.2 Å². The molecule has 0 bridgehead atoms. The zero-order chi connectivity index (χ0) is 54.3. The van der Waals surface area contributed by atoms with Gasteiger partial charge < -0.3 is 60.5 Å². The summed E-state index contributed by atoms with van der Waals surface area (Å²) in [5, 5.41) is 27.2. The largest absolute Gasteiger partial charge is 0.458 e. The van der Waals surface area contributed by atoms with Gasteiger partial charge >= 0.3 is 12.1 Å². The van der Waals surface area contributed by atoms with Crippen molar-refractivity contribution in [3.05, 3.63) is 104 Å². The van der Waals surface area contributed by atoms with E-state index in [9.17, 15) is 48.3 Å². The number of pyridine rings is 2. The van der Waals surface area contributed by atoms with Gasteiger partial charge in [0.2, 0.25) is 29.5 Å². The van der Waals surface area contributed by atoms with E-state index in [4.69, 9.17) is 36.1 Å². The van der Waals surface area contributed by atoms with Crippen molar-refractivity contribution >= 4 is 76.5 Å². The Kier molecular flexibility index (Phi) is 16.9. The highest BCUT2D eigenvalue weighted by Crippen LogP contribution is 2.47. The second kappa shape index (κ2) is 23.7. The molecule has 400 valence electrons. The van der Waals surface area contributed by atoms with Gasteiger partial charge in [0.1, 0.15) is 49.6 Å². The van der Waals surface area contributed by atoms with E-state index in [1.807, 2.05) is 4.57 Å². The molecule has 2 aromatic heterocycles. The minimum atomic E-state index is -1.92. The average Bonchev–Trinajstić information content (AvgIpc) is 4.02. The van der Waals surface area contributed by atoms with Gasteiger partial charge in [0.05, 0.1) is 62.3 Å². The third-order valence-electron chi connectivity index (χ3n) is 13.3. The Balaban J connectivity index is 0.795. The SMILES string of the molecule is CC[C@@]1(O)C(=O)OCc2c1cc1n(c2=S)Cc2c-1nc1cc(F)c(C)c3c1c2[C@@H](NC(=O)COCNC(=O)CNC(=O)[C@H](Cc1ccccc1)NC(=O)CNC(=O)CNC(=O)OCCOCCN1C(=O)C=CC1=O)CC3. The Morgan fingerprint density at radius 2 is 1.62 bits per heavy atom. The first-order chi connectivity index (χ1) is 36.5. The first-order valence-corrected chi connectivity index (χ1v) is 24.7. The number of fused-ring (bicyclic) bond motifs is 5. The van der Waals surface area contributed by atoms with Crippen molar-refractivity contribution < 1.29 is 71.6 Å². The van der Waals surface area contributed by atoms with Crippen LogP contribution >= 0.6 is 12.2 Å². The van der Waals surface area contributed by atoms with Crippen LogP contribution in [0.2, 0.25) is 0 Å². The van der Waals surface area contributed by atoms with Crippen LogP contribution < -0.4 is 31.9 Å². The molecule has 0 unspecified atom stereocenters. The Morgan fingerprint density at radius 3 is 2.37 bits per heavy atom. The highest BCUT2D eigenvalue weighted by Gasteiger charge is 2.45. The molecule has 8 amide bonds. The number of alkyl carbamates (subject to hydrolysis) is 1. The molecule has 4 aromatic rings. The maximum atomic E-state index is 15.4. The molecule has 0 fully saturated rings. The van der Waals surface area contributed by atoms with E-state index in [0.717, 1.165) is 33.7 Å². The molecule has 0 saturated heterocycles. The molecule has 4 aliphatic rings. The van der Waals surface area contributed by atoms with Crippen molar-refractivity contribution in [2.75, 3.05) is 59.3 Å². The van der Waals surface area contributed by atoms with Gasteiger partial charge in [-0.15, -0.1) is 0 Å². The second-order valence-corrected chi connectivity index (χ2v) is 18.5. The quantitative estimate of drug-likeness (QED) is 0.0165. The van der Waals surface area contributed by atoms with E-state index in [1.165, 1.54) is 6.07 Å². The molecule has 76 heavy (non-hydrogen) atoms. The lowest BCUT2D eigenvalue weighted by molar-refractivity contribution is -0.172. The van der Waals surface area contributed by atoms with Gasteiger partial charge in [-0.1, -0.05) is 49.5 Å². The van der Waals surface area contributed by atoms with Crippen LogP contribution in [-0.2, 0) is 88.9 Å².